The number of hydrogen-bond acceptors (Lipinski definition) is 4. The van der Waals surface area contributed by atoms with Gasteiger partial charge in [-0.1, -0.05) is 6.92 Å². The van der Waals surface area contributed by atoms with E-state index in [0.717, 1.165) is 26.2 Å². The molecule has 1 unspecified atom stereocenters. The molecule has 1 saturated heterocycles. The second kappa shape index (κ2) is 6.21. The smallest absolute Gasteiger partial charge is 0.339 e. The maximum absolute atomic E-state index is 11.0. The Morgan fingerprint density at radius 1 is 1.42 bits per heavy atom. The van der Waals surface area contributed by atoms with Crippen LogP contribution in [-0.2, 0) is 6.54 Å². The quantitative estimate of drug-likeness (QED) is 0.882. The van der Waals surface area contributed by atoms with Crippen LogP contribution in [-0.4, -0.2) is 53.1 Å². The van der Waals surface area contributed by atoms with Crippen LogP contribution in [0.2, 0.25) is 0 Å². The summed E-state index contributed by atoms with van der Waals surface area (Å²) in [4.78, 5) is 15.8. The molecule has 2 heterocycles. The van der Waals surface area contributed by atoms with E-state index in [9.17, 15) is 4.79 Å². The Labute approximate surface area is 113 Å². The molecule has 1 aliphatic rings. The molecular formula is C14H22N2O3. The van der Waals surface area contributed by atoms with E-state index in [0.29, 0.717) is 18.3 Å². The average molecular weight is 266 g/mol. The molecule has 0 bridgehead atoms. The van der Waals surface area contributed by atoms with Gasteiger partial charge in [-0.25, -0.2) is 4.79 Å². The third kappa shape index (κ3) is 3.36. The van der Waals surface area contributed by atoms with E-state index < -0.39 is 5.97 Å². The summed E-state index contributed by atoms with van der Waals surface area (Å²) in [6, 6.07) is 2.15. The summed E-state index contributed by atoms with van der Waals surface area (Å²) in [7, 11) is 0. The van der Waals surface area contributed by atoms with Crippen LogP contribution in [0.1, 0.15) is 36.4 Å². The SMILES string of the molecule is CCC(C)N1CCN(Cc2occc2C(=O)O)CC1. The normalized spacial score (nSPS) is 19.5. The second-order valence-corrected chi connectivity index (χ2v) is 5.13. The van der Waals surface area contributed by atoms with Gasteiger partial charge in [0.05, 0.1) is 12.8 Å². The van der Waals surface area contributed by atoms with Crippen molar-refractivity contribution in [3.05, 3.63) is 23.7 Å². The van der Waals surface area contributed by atoms with Crippen LogP contribution in [0.25, 0.3) is 0 Å². The molecule has 1 N–H and O–H groups in total. The first-order valence-electron chi connectivity index (χ1n) is 6.88. The zero-order valence-corrected chi connectivity index (χ0v) is 11.6. The number of nitrogens with zero attached hydrogens (tertiary/aromatic N) is 2. The minimum atomic E-state index is -0.915. The lowest BCUT2D eigenvalue weighted by Gasteiger charge is -2.37. The highest BCUT2D eigenvalue weighted by Gasteiger charge is 2.22. The third-order valence-electron chi connectivity index (χ3n) is 3.96. The van der Waals surface area contributed by atoms with Crippen LogP contribution in [0.15, 0.2) is 16.7 Å². The highest BCUT2D eigenvalue weighted by Crippen LogP contribution is 2.16. The molecule has 1 fully saturated rings. The van der Waals surface area contributed by atoms with Gasteiger partial charge >= 0.3 is 5.97 Å². The molecule has 0 spiro atoms. The Hall–Kier alpha value is -1.33. The first-order valence-corrected chi connectivity index (χ1v) is 6.88. The van der Waals surface area contributed by atoms with Crippen LogP contribution in [0.3, 0.4) is 0 Å². The van der Waals surface area contributed by atoms with Crippen molar-refractivity contribution in [1.82, 2.24) is 9.80 Å². The molecule has 1 atom stereocenters. The molecule has 19 heavy (non-hydrogen) atoms. The lowest BCUT2D eigenvalue weighted by atomic mass is 10.2. The standard InChI is InChI=1S/C14H22N2O3/c1-3-11(2)16-7-5-15(6-8-16)10-13-12(14(17)18)4-9-19-13/h4,9,11H,3,5-8,10H2,1-2H3,(H,17,18). The molecule has 0 radical (unpaired) electrons. The zero-order chi connectivity index (χ0) is 13.8. The van der Waals surface area contributed by atoms with E-state index in [1.165, 1.54) is 18.8 Å². The van der Waals surface area contributed by atoms with E-state index in [2.05, 4.69) is 23.6 Å². The minimum absolute atomic E-state index is 0.282. The van der Waals surface area contributed by atoms with Crippen molar-refractivity contribution in [2.24, 2.45) is 0 Å². The minimum Gasteiger partial charge on any atom is -0.478 e. The third-order valence-corrected chi connectivity index (χ3v) is 3.96. The Kier molecular flexibility index (Phi) is 4.61. The predicted molar refractivity (Wildman–Crippen MR) is 72.3 cm³/mol. The molecular weight excluding hydrogens is 244 g/mol. The van der Waals surface area contributed by atoms with Gasteiger partial charge in [0.2, 0.25) is 0 Å². The van der Waals surface area contributed by atoms with Crippen LogP contribution in [0, 0.1) is 0 Å². The summed E-state index contributed by atoms with van der Waals surface area (Å²) in [5.41, 5.74) is 0.282. The zero-order valence-electron chi connectivity index (χ0n) is 11.6. The Bertz CT molecular complexity index is 422. The molecule has 5 heteroatoms. The number of carbonyl (C=O) groups is 1. The van der Waals surface area contributed by atoms with Crippen molar-refractivity contribution in [2.45, 2.75) is 32.9 Å². The van der Waals surface area contributed by atoms with Gasteiger partial charge in [-0.05, 0) is 19.4 Å². The monoisotopic (exact) mass is 266 g/mol. The Balaban J connectivity index is 1.89. The molecule has 1 aromatic rings. The first-order chi connectivity index (χ1) is 9.11. The maximum Gasteiger partial charge on any atom is 0.339 e. The van der Waals surface area contributed by atoms with E-state index in [-0.39, 0.29) is 5.56 Å². The highest BCUT2D eigenvalue weighted by atomic mass is 16.4. The van der Waals surface area contributed by atoms with Crippen molar-refractivity contribution in [3.63, 3.8) is 0 Å². The van der Waals surface area contributed by atoms with Crippen LogP contribution < -0.4 is 0 Å². The van der Waals surface area contributed by atoms with Crippen LogP contribution >= 0.6 is 0 Å². The summed E-state index contributed by atoms with van der Waals surface area (Å²) >= 11 is 0. The van der Waals surface area contributed by atoms with Crippen molar-refractivity contribution < 1.29 is 14.3 Å². The molecule has 2 rings (SSSR count). The van der Waals surface area contributed by atoms with E-state index in [1.807, 2.05) is 0 Å². The fraction of sp³-hybridized carbons (Fsp3) is 0.643. The number of carboxylic acids is 1. The summed E-state index contributed by atoms with van der Waals surface area (Å²) in [6.07, 6.45) is 2.62. The number of aromatic carboxylic acids is 1. The first kappa shape index (κ1) is 14.1. The molecule has 5 nitrogen and oxygen atoms in total. The molecule has 1 aromatic heterocycles. The van der Waals surface area contributed by atoms with Crippen LogP contribution in [0.4, 0.5) is 0 Å². The maximum atomic E-state index is 11.0. The molecule has 0 amide bonds. The number of carboxylic acid groups (broad SMARTS) is 1. The molecule has 0 saturated carbocycles. The molecule has 106 valence electrons. The fourth-order valence-electron chi connectivity index (χ4n) is 2.48. The van der Waals surface area contributed by atoms with Gasteiger partial charge in [-0.3, -0.25) is 9.80 Å². The molecule has 1 aliphatic heterocycles. The van der Waals surface area contributed by atoms with Gasteiger partial charge in [-0.2, -0.15) is 0 Å². The Morgan fingerprint density at radius 2 is 2.11 bits per heavy atom. The van der Waals surface area contributed by atoms with Gasteiger partial charge in [0.25, 0.3) is 0 Å². The fourth-order valence-corrected chi connectivity index (χ4v) is 2.48. The van der Waals surface area contributed by atoms with Gasteiger partial charge < -0.3 is 9.52 Å². The summed E-state index contributed by atoms with van der Waals surface area (Å²) in [5.74, 6) is -0.355. The summed E-state index contributed by atoms with van der Waals surface area (Å²) in [5, 5.41) is 9.04. The number of furan rings is 1. The molecule has 0 aromatic carbocycles. The largest absolute Gasteiger partial charge is 0.478 e. The Morgan fingerprint density at radius 3 is 2.68 bits per heavy atom. The average Bonchev–Trinajstić information content (AvgIpc) is 2.87. The van der Waals surface area contributed by atoms with Gasteiger partial charge in [0.1, 0.15) is 11.3 Å². The highest BCUT2D eigenvalue weighted by molar-refractivity contribution is 5.88. The van der Waals surface area contributed by atoms with Crippen molar-refractivity contribution in [2.75, 3.05) is 26.2 Å². The van der Waals surface area contributed by atoms with Crippen molar-refractivity contribution >= 4 is 5.97 Å². The van der Waals surface area contributed by atoms with Crippen LogP contribution in [0.5, 0.6) is 0 Å². The van der Waals surface area contributed by atoms with E-state index >= 15 is 0 Å². The molecule has 0 aliphatic carbocycles. The summed E-state index contributed by atoms with van der Waals surface area (Å²) < 4.78 is 5.29. The van der Waals surface area contributed by atoms with Gasteiger partial charge in [0, 0.05) is 32.2 Å². The topological polar surface area (TPSA) is 56.9 Å². The summed E-state index contributed by atoms with van der Waals surface area (Å²) in [6.45, 7) is 9.05. The van der Waals surface area contributed by atoms with Crippen molar-refractivity contribution in [3.8, 4) is 0 Å². The van der Waals surface area contributed by atoms with Crippen molar-refractivity contribution in [1.29, 1.82) is 0 Å². The predicted octanol–water partition coefficient (Wildman–Crippen LogP) is 1.89. The lowest BCUT2D eigenvalue weighted by Crippen LogP contribution is -2.49. The van der Waals surface area contributed by atoms with Gasteiger partial charge in [0.15, 0.2) is 0 Å². The second-order valence-electron chi connectivity index (χ2n) is 5.13. The lowest BCUT2D eigenvalue weighted by molar-refractivity contribution is 0.0686. The van der Waals surface area contributed by atoms with E-state index in [1.54, 1.807) is 0 Å². The number of hydrogen-bond donors (Lipinski definition) is 1. The number of rotatable bonds is 5. The van der Waals surface area contributed by atoms with E-state index in [4.69, 9.17) is 9.52 Å². The number of piperazine rings is 1. The van der Waals surface area contributed by atoms with Gasteiger partial charge in [-0.15, -0.1) is 0 Å².